The molecule has 2 aromatic carbocycles. The second-order valence-electron chi connectivity index (χ2n) is 7.44. The van der Waals surface area contributed by atoms with Crippen LogP contribution >= 0.6 is 0 Å². The van der Waals surface area contributed by atoms with Gasteiger partial charge in [-0.3, -0.25) is 19.1 Å². The van der Waals surface area contributed by atoms with E-state index in [1.54, 1.807) is 48.8 Å². The number of amides is 3. The number of para-hydroxylation sites is 1. The molecule has 9 heteroatoms. The second kappa shape index (κ2) is 9.73. The summed E-state index contributed by atoms with van der Waals surface area (Å²) in [5.74, 6) is -0.384. The zero-order valence-corrected chi connectivity index (χ0v) is 17.9. The normalized spacial score (nSPS) is 10.6. The number of carbonyl (C=O) groups excluding carboxylic acids is 2. The Morgan fingerprint density at radius 3 is 2.48 bits per heavy atom. The van der Waals surface area contributed by atoms with Crippen LogP contribution in [0.1, 0.15) is 11.1 Å². The molecular formula is C24H22N6O3. The van der Waals surface area contributed by atoms with Gasteiger partial charge in [0.05, 0.1) is 17.2 Å². The zero-order chi connectivity index (χ0) is 23.2. The van der Waals surface area contributed by atoms with Crippen molar-refractivity contribution in [1.82, 2.24) is 19.9 Å². The maximum atomic E-state index is 12.7. The third-order valence-corrected chi connectivity index (χ3v) is 4.98. The fraction of sp³-hybridized carbons (Fsp3) is 0.125. The van der Waals surface area contributed by atoms with Gasteiger partial charge in [0.15, 0.2) is 0 Å². The summed E-state index contributed by atoms with van der Waals surface area (Å²) in [4.78, 5) is 45.6. The number of urea groups is 1. The molecule has 0 aliphatic carbocycles. The van der Waals surface area contributed by atoms with Crippen molar-refractivity contribution < 1.29 is 9.59 Å². The van der Waals surface area contributed by atoms with Crippen molar-refractivity contribution in [1.29, 1.82) is 0 Å². The van der Waals surface area contributed by atoms with Gasteiger partial charge >= 0.3 is 6.03 Å². The van der Waals surface area contributed by atoms with Gasteiger partial charge in [0, 0.05) is 30.3 Å². The minimum Gasteiger partial charge on any atom is -0.334 e. The lowest BCUT2D eigenvalue weighted by molar-refractivity contribution is -0.116. The van der Waals surface area contributed by atoms with Crippen molar-refractivity contribution >= 4 is 34.2 Å². The molecule has 0 spiro atoms. The number of benzene rings is 2. The monoisotopic (exact) mass is 442 g/mol. The first-order valence-corrected chi connectivity index (χ1v) is 10.3. The number of hydrogen-bond donors (Lipinski definition) is 3. The molecule has 2 heterocycles. The minimum absolute atomic E-state index is 0.181. The van der Waals surface area contributed by atoms with E-state index in [0.717, 1.165) is 11.1 Å². The molecule has 4 rings (SSSR count). The first kappa shape index (κ1) is 21.7. The van der Waals surface area contributed by atoms with Gasteiger partial charge in [-0.2, -0.15) is 0 Å². The van der Waals surface area contributed by atoms with Crippen LogP contribution in [0.3, 0.4) is 0 Å². The number of aromatic nitrogens is 3. The van der Waals surface area contributed by atoms with E-state index in [-0.39, 0.29) is 24.0 Å². The van der Waals surface area contributed by atoms with Gasteiger partial charge in [0.1, 0.15) is 6.54 Å². The van der Waals surface area contributed by atoms with E-state index >= 15 is 0 Å². The van der Waals surface area contributed by atoms with Gasteiger partial charge in [-0.05, 0) is 54.4 Å². The average Bonchev–Trinajstić information content (AvgIpc) is 2.81. The number of nitrogens with zero attached hydrogens (tertiary/aromatic N) is 3. The first-order valence-electron chi connectivity index (χ1n) is 10.3. The van der Waals surface area contributed by atoms with E-state index in [4.69, 9.17) is 0 Å². The molecule has 9 nitrogen and oxygen atoms in total. The molecule has 0 bridgehead atoms. The lowest BCUT2D eigenvalue weighted by Gasteiger charge is -2.11. The van der Waals surface area contributed by atoms with Crippen LogP contribution in [0.5, 0.6) is 0 Å². The number of hydrogen-bond acceptors (Lipinski definition) is 5. The summed E-state index contributed by atoms with van der Waals surface area (Å²) in [6, 6.07) is 15.4. The van der Waals surface area contributed by atoms with E-state index in [9.17, 15) is 14.4 Å². The van der Waals surface area contributed by atoms with Crippen molar-refractivity contribution in [3.05, 3.63) is 94.8 Å². The zero-order valence-electron chi connectivity index (χ0n) is 17.9. The molecule has 3 amide bonds. The molecular weight excluding hydrogens is 420 g/mol. The van der Waals surface area contributed by atoms with Gasteiger partial charge in [-0.25, -0.2) is 9.78 Å². The van der Waals surface area contributed by atoms with Crippen LogP contribution < -0.4 is 21.5 Å². The van der Waals surface area contributed by atoms with Gasteiger partial charge in [-0.15, -0.1) is 0 Å². The summed E-state index contributed by atoms with van der Waals surface area (Å²) >= 11 is 0. The van der Waals surface area contributed by atoms with Crippen LogP contribution in [0.15, 0.2) is 78.1 Å². The summed E-state index contributed by atoms with van der Waals surface area (Å²) in [6.07, 6.45) is 4.69. The molecule has 0 fully saturated rings. The van der Waals surface area contributed by atoms with Gasteiger partial charge in [0.2, 0.25) is 5.91 Å². The highest BCUT2D eigenvalue weighted by Gasteiger charge is 2.10. The number of anilines is 2. The van der Waals surface area contributed by atoms with Crippen LogP contribution in [-0.2, 0) is 17.9 Å². The number of aryl methyl sites for hydroxylation is 1. The van der Waals surface area contributed by atoms with Crippen molar-refractivity contribution in [3.8, 4) is 0 Å². The van der Waals surface area contributed by atoms with Crippen molar-refractivity contribution in [3.63, 3.8) is 0 Å². The molecule has 33 heavy (non-hydrogen) atoms. The van der Waals surface area contributed by atoms with Crippen LogP contribution in [0, 0.1) is 6.92 Å². The average molecular weight is 442 g/mol. The SMILES string of the molecule is Cc1cccc2c(=O)n(CC(=O)Nc3cccc(NC(=O)NCc4ccncc4)c3)cnc12. The first-order chi connectivity index (χ1) is 16.0. The van der Waals surface area contributed by atoms with Gasteiger partial charge in [0.25, 0.3) is 5.56 Å². The summed E-state index contributed by atoms with van der Waals surface area (Å²) in [7, 11) is 0. The number of rotatable bonds is 6. The predicted molar refractivity (Wildman–Crippen MR) is 126 cm³/mol. The summed E-state index contributed by atoms with van der Waals surface area (Å²) in [5, 5.41) is 8.69. The maximum absolute atomic E-state index is 12.7. The fourth-order valence-corrected chi connectivity index (χ4v) is 3.34. The van der Waals surface area contributed by atoms with E-state index in [1.807, 2.05) is 25.1 Å². The molecule has 0 unspecified atom stereocenters. The van der Waals surface area contributed by atoms with Crippen molar-refractivity contribution in [2.75, 3.05) is 10.6 Å². The highest BCUT2D eigenvalue weighted by molar-refractivity contribution is 5.93. The Kier molecular flexibility index (Phi) is 6.40. The minimum atomic E-state index is -0.384. The number of fused-ring (bicyclic) bond motifs is 1. The van der Waals surface area contributed by atoms with Crippen LogP contribution in [-0.4, -0.2) is 26.5 Å². The molecule has 0 atom stereocenters. The summed E-state index contributed by atoms with van der Waals surface area (Å²) < 4.78 is 1.27. The van der Waals surface area contributed by atoms with E-state index in [0.29, 0.717) is 28.8 Å². The molecule has 0 radical (unpaired) electrons. The van der Waals surface area contributed by atoms with E-state index in [1.165, 1.54) is 10.9 Å². The Morgan fingerprint density at radius 1 is 0.970 bits per heavy atom. The van der Waals surface area contributed by atoms with E-state index in [2.05, 4.69) is 25.9 Å². The standard InChI is InChI=1S/C24H22N6O3/c1-16-4-2-7-20-22(16)27-15-30(23(20)32)14-21(31)28-18-5-3-6-19(12-18)29-24(33)26-13-17-8-10-25-11-9-17/h2-12,15H,13-14H2,1H3,(H,28,31)(H2,26,29,33). The van der Waals surface area contributed by atoms with Crippen LogP contribution in [0.25, 0.3) is 10.9 Å². The van der Waals surface area contributed by atoms with Gasteiger partial charge < -0.3 is 16.0 Å². The summed E-state index contributed by atoms with van der Waals surface area (Å²) in [6.45, 7) is 2.06. The molecule has 0 aliphatic heterocycles. The molecule has 0 saturated heterocycles. The molecule has 2 aromatic heterocycles. The largest absolute Gasteiger partial charge is 0.334 e. The highest BCUT2D eigenvalue weighted by atomic mass is 16.2. The lowest BCUT2D eigenvalue weighted by atomic mass is 10.1. The third kappa shape index (κ3) is 5.40. The van der Waals surface area contributed by atoms with E-state index < -0.39 is 0 Å². The second-order valence-corrected chi connectivity index (χ2v) is 7.44. The van der Waals surface area contributed by atoms with Gasteiger partial charge in [-0.1, -0.05) is 18.2 Å². The Labute approximate surface area is 189 Å². The number of pyridine rings is 1. The molecule has 166 valence electrons. The topological polar surface area (TPSA) is 118 Å². The Morgan fingerprint density at radius 2 is 1.70 bits per heavy atom. The summed E-state index contributed by atoms with van der Waals surface area (Å²) in [5.41, 5.74) is 3.18. The smallest absolute Gasteiger partial charge is 0.319 e. The van der Waals surface area contributed by atoms with Crippen LogP contribution in [0.2, 0.25) is 0 Å². The fourth-order valence-electron chi connectivity index (χ4n) is 3.34. The molecule has 3 N–H and O–H groups in total. The van der Waals surface area contributed by atoms with Crippen molar-refractivity contribution in [2.24, 2.45) is 0 Å². The Hall–Kier alpha value is -4.53. The third-order valence-electron chi connectivity index (χ3n) is 4.98. The lowest BCUT2D eigenvalue weighted by Crippen LogP contribution is -2.28. The maximum Gasteiger partial charge on any atom is 0.319 e. The Balaban J connectivity index is 1.37. The number of carbonyl (C=O) groups is 2. The quantitative estimate of drug-likeness (QED) is 0.424. The number of nitrogens with one attached hydrogen (secondary N) is 3. The molecule has 0 aliphatic rings. The molecule has 0 saturated carbocycles. The predicted octanol–water partition coefficient (Wildman–Crippen LogP) is 3.06. The Bertz CT molecular complexity index is 1370. The molecule has 4 aromatic rings. The highest BCUT2D eigenvalue weighted by Crippen LogP contribution is 2.15. The van der Waals surface area contributed by atoms with Crippen LogP contribution in [0.4, 0.5) is 16.2 Å². The van der Waals surface area contributed by atoms with Crippen molar-refractivity contribution in [2.45, 2.75) is 20.0 Å².